The lowest BCUT2D eigenvalue weighted by molar-refractivity contribution is -0.142. The summed E-state index contributed by atoms with van der Waals surface area (Å²) in [5.41, 5.74) is 0. The zero-order chi connectivity index (χ0) is 12.8. The van der Waals surface area contributed by atoms with Crippen LogP contribution < -0.4 is 0 Å². The van der Waals surface area contributed by atoms with E-state index in [0.717, 1.165) is 0 Å². The SMILES string of the molecule is O=C(O)CC1C2CC(F)(F)CC1CS(=O)(=O)C2. The zero-order valence-electron chi connectivity index (χ0n) is 9.10. The lowest BCUT2D eigenvalue weighted by Crippen LogP contribution is -2.49. The Balaban J connectivity index is 2.25. The summed E-state index contributed by atoms with van der Waals surface area (Å²) in [7, 11) is -3.29. The Bertz CT molecular complexity index is 408. The van der Waals surface area contributed by atoms with Crippen LogP contribution >= 0.6 is 0 Å². The minimum atomic E-state index is -3.29. The highest BCUT2D eigenvalue weighted by atomic mass is 32.2. The first-order valence-corrected chi connectivity index (χ1v) is 7.31. The van der Waals surface area contributed by atoms with Gasteiger partial charge in [-0.05, 0) is 17.8 Å². The molecule has 0 aromatic heterocycles. The van der Waals surface area contributed by atoms with Crippen LogP contribution in [0.3, 0.4) is 0 Å². The quantitative estimate of drug-likeness (QED) is 0.816. The van der Waals surface area contributed by atoms with E-state index in [1.54, 1.807) is 0 Å². The maximum atomic E-state index is 13.3. The Morgan fingerprint density at radius 2 is 1.71 bits per heavy atom. The predicted molar refractivity (Wildman–Crippen MR) is 55.6 cm³/mol. The highest BCUT2D eigenvalue weighted by Crippen LogP contribution is 2.48. The smallest absolute Gasteiger partial charge is 0.303 e. The van der Waals surface area contributed by atoms with Crippen LogP contribution in [0.15, 0.2) is 0 Å². The van der Waals surface area contributed by atoms with Gasteiger partial charge in [0.25, 0.3) is 0 Å². The summed E-state index contributed by atoms with van der Waals surface area (Å²) in [4.78, 5) is 10.7. The first-order chi connectivity index (χ1) is 7.69. The summed E-state index contributed by atoms with van der Waals surface area (Å²) in [5, 5.41) is 8.74. The summed E-state index contributed by atoms with van der Waals surface area (Å²) >= 11 is 0. The topological polar surface area (TPSA) is 71.4 Å². The molecule has 0 radical (unpaired) electrons. The van der Waals surface area contributed by atoms with Crippen molar-refractivity contribution in [3.8, 4) is 0 Å². The fourth-order valence-electron chi connectivity index (χ4n) is 3.16. The van der Waals surface area contributed by atoms with Gasteiger partial charge in [-0.1, -0.05) is 0 Å². The first kappa shape index (κ1) is 12.7. The Kier molecular flexibility index (Phi) is 2.92. The molecule has 1 heterocycles. The van der Waals surface area contributed by atoms with Crippen molar-refractivity contribution >= 4 is 15.8 Å². The maximum Gasteiger partial charge on any atom is 0.303 e. The van der Waals surface area contributed by atoms with Crippen LogP contribution in [0.25, 0.3) is 0 Å². The summed E-state index contributed by atoms with van der Waals surface area (Å²) in [5.74, 6) is -6.32. The van der Waals surface area contributed by atoms with Gasteiger partial charge in [0, 0.05) is 19.3 Å². The van der Waals surface area contributed by atoms with Crippen molar-refractivity contribution < 1.29 is 27.1 Å². The Morgan fingerprint density at radius 1 is 1.24 bits per heavy atom. The van der Waals surface area contributed by atoms with Gasteiger partial charge in [0.15, 0.2) is 9.84 Å². The predicted octanol–water partition coefficient (Wildman–Crippen LogP) is 1.17. The lowest BCUT2D eigenvalue weighted by Gasteiger charge is -2.44. The molecule has 98 valence electrons. The maximum absolute atomic E-state index is 13.3. The van der Waals surface area contributed by atoms with Crippen molar-refractivity contribution in [2.24, 2.45) is 17.8 Å². The number of hydrogen-bond donors (Lipinski definition) is 1. The number of carboxylic acids is 1. The molecule has 1 aliphatic heterocycles. The molecule has 1 saturated heterocycles. The second-order valence-electron chi connectivity index (χ2n) is 5.12. The van der Waals surface area contributed by atoms with Gasteiger partial charge in [-0.2, -0.15) is 0 Å². The van der Waals surface area contributed by atoms with E-state index in [1.165, 1.54) is 0 Å². The van der Waals surface area contributed by atoms with Crippen molar-refractivity contribution in [3.05, 3.63) is 0 Å². The summed E-state index contributed by atoms with van der Waals surface area (Å²) in [6, 6.07) is 0. The second kappa shape index (κ2) is 3.90. The van der Waals surface area contributed by atoms with Crippen molar-refractivity contribution in [1.82, 2.24) is 0 Å². The average molecular weight is 268 g/mol. The molecule has 17 heavy (non-hydrogen) atoms. The van der Waals surface area contributed by atoms with Gasteiger partial charge in [-0.15, -0.1) is 0 Å². The largest absolute Gasteiger partial charge is 0.481 e. The normalized spacial score (nSPS) is 38.6. The number of rotatable bonds is 2. The van der Waals surface area contributed by atoms with E-state index in [0.29, 0.717) is 0 Å². The van der Waals surface area contributed by atoms with Gasteiger partial charge in [-0.3, -0.25) is 4.79 Å². The van der Waals surface area contributed by atoms with Crippen molar-refractivity contribution in [2.75, 3.05) is 11.5 Å². The van der Waals surface area contributed by atoms with Crippen molar-refractivity contribution in [2.45, 2.75) is 25.2 Å². The molecule has 0 amide bonds. The van der Waals surface area contributed by atoms with Gasteiger partial charge < -0.3 is 5.11 Å². The monoisotopic (exact) mass is 268 g/mol. The highest BCUT2D eigenvalue weighted by Gasteiger charge is 2.52. The third-order valence-electron chi connectivity index (χ3n) is 3.68. The standard InChI is InChI=1S/C10H14F2O4S/c11-10(12)2-6-4-17(15,16)5-7(3-10)8(6)1-9(13)14/h6-8H,1-5H2,(H,13,14). The van der Waals surface area contributed by atoms with Crippen molar-refractivity contribution in [1.29, 1.82) is 0 Å². The zero-order valence-corrected chi connectivity index (χ0v) is 9.92. The average Bonchev–Trinajstić information content (AvgIpc) is 2.05. The number of carboxylic acid groups (broad SMARTS) is 1. The number of carbonyl (C=O) groups is 1. The molecule has 2 fully saturated rings. The van der Waals surface area contributed by atoms with E-state index in [-0.39, 0.29) is 17.9 Å². The van der Waals surface area contributed by atoms with Crippen LogP contribution in [0.5, 0.6) is 0 Å². The molecule has 1 saturated carbocycles. The summed E-state index contributed by atoms with van der Waals surface area (Å²) in [6.07, 6.45) is -1.21. The number of halogens is 2. The van der Waals surface area contributed by atoms with Gasteiger partial charge in [-0.25, -0.2) is 17.2 Å². The van der Waals surface area contributed by atoms with E-state index in [9.17, 15) is 22.0 Å². The third kappa shape index (κ3) is 2.75. The van der Waals surface area contributed by atoms with Crippen LogP contribution in [-0.4, -0.2) is 36.9 Å². The molecule has 2 rings (SSSR count). The number of alkyl halides is 2. The molecular weight excluding hydrogens is 254 g/mol. The summed E-state index contributed by atoms with van der Waals surface area (Å²) < 4.78 is 49.7. The van der Waals surface area contributed by atoms with E-state index in [4.69, 9.17) is 5.11 Å². The van der Waals surface area contributed by atoms with Crippen LogP contribution in [0.4, 0.5) is 8.78 Å². The van der Waals surface area contributed by atoms with E-state index >= 15 is 0 Å². The van der Waals surface area contributed by atoms with E-state index in [1.807, 2.05) is 0 Å². The fraction of sp³-hybridized carbons (Fsp3) is 0.900. The molecule has 7 heteroatoms. The molecule has 2 aliphatic rings. The number of fused-ring (bicyclic) bond motifs is 2. The molecule has 0 aromatic carbocycles. The Labute approximate surface area is 97.9 Å². The van der Waals surface area contributed by atoms with Crippen LogP contribution in [0.1, 0.15) is 19.3 Å². The molecule has 4 nitrogen and oxygen atoms in total. The van der Waals surface area contributed by atoms with Crippen LogP contribution in [0, 0.1) is 17.8 Å². The van der Waals surface area contributed by atoms with E-state index < -0.39 is 52.3 Å². The summed E-state index contributed by atoms with van der Waals surface area (Å²) in [6.45, 7) is 0. The van der Waals surface area contributed by atoms with Crippen LogP contribution in [-0.2, 0) is 14.6 Å². The molecule has 1 N–H and O–H groups in total. The molecule has 2 unspecified atom stereocenters. The molecule has 1 aliphatic carbocycles. The Hall–Kier alpha value is -0.720. The Morgan fingerprint density at radius 3 is 2.12 bits per heavy atom. The number of aliphatic carboxylic acids is 1. The van der Waals surface area contributed by atoms with Crippen LogP contribution in [0.2, 0.25) is 0 Å². The van der Waals surface area contributed by atoms with Crippen molar-refractivity contribution in [3.63, 3.8) is 0 Å². The minimum Gasteiger partial charge on any atom is -0.481 e. The molecule has 2 bridgehead atoms. The highest BCUT2D eigenvalue weighted by molar-refractivity contribution is 7.91. The van der Waals surface area contributed by atoms with E-state index in [2.05, 4.69) is 0 Å². The molecule has 0 aromatic rings. The second-order valence-corrected chi connectivity index (χ2v) is 7.28. The van der Waals surface area contributed by atoms with Gasteiger partial charge in [0.2, 0.25) is 5.92 Å². The molecular formula is C10H14F2O4S. The van der Waals surface area contributed by atoms with Gasteiger partial charge in [0.1, 0.15) is 0 Å². The lowest BCUT2D eigenvalue weighted by atomic mass is 9.70. The van der Waals surface area contributed by atoms with Gasteiger partial charge >= 0.3 is 5.97 Å². The minimum absolute atomic E-state index is 0.207. The fourth-order valence-corrected chi connectivity index (χ4v) is 5.33. The molecule has 0 spiro atoms. The first-order valence-electron chi connectivity index (χ1n) is 5.48. The molecule has 2 atom stereocenters. The number of sulfone groups is 1. The van der Waals surface area contributed by atoms with Gasteiger partial charge in [0.05, 0.1) is 11.5 Å². The number of hydrogen-bond acceptors (Lipinski definition) is 3. The third-order valence-corrected chi connectivity index (χ3v) is 5.55.